The number of carbonyl (C=O) groups is 1. The highest BCUT2D eigenvalue weighted by molar-refractivity contribution is 5.81. The summed E-state index contributed by atoms with van der Waals surface area (Å²) in [6, 6.07) is 7.45. The number of aliphatic hydroxyl groups excluding tert-OH is 1. The van der Waals surface area contributed by atoms with E-state index in [0.717, 1.165) is 11.3 Å². The summed E-state index contributed by atoms with van der Waals surface area (Å²) < 4.78 is 4.86. The lowest BCUT2D eigenvalue weighted by molar-refractivity contribution is -0.119. The van der Waals surface area contributed by atoms with Crippen molar-refractivity contribution in [3.63, 3.8) is 0 Å². The predicted octanol–water partition coefficient (Wildman–Crippen LogP) is 0.378. The van der Waals surface area contributed by atoms with Crippen molar-refractivity contribution in [2.75, 3.05) is 38.8 Å². The maximum Gasteiger partial charge on any atom is 0.239 e. The van der Waals surface area contributed by atoms with Crippen LogP contribution in [0.2, 0.25) is 0 Å². The third kappa shape index (κ3) is 4.73. The Balaban J connectivity index is 2.43. The maximum atomic E-state index is 11.6. The van der Waals surface area contributed by atoms with Gasteiger partial charge in [-0.05, 0) is 17.7 Å². The number of carbonyl (C=O) groups excluding carboxylic acids is 1. The first kappa shape index (κ1) is 14.5. The summed E-state index contributed by atoms with van der Waals surface area (Å²) in [5.74, 6) is -0.0409. The second-order valence-electron chi connectivity index (χ2n) is 4.02. The number of amides is 1. The van der Waals surface area contributed by atoms with Gasteiger partial charge in [-0.3, -0.25) is 4.79 Å². The smallest absolute Gasteiger partial charge is 0.239 e. The number of methoxy groups -OCH3 is 1. The molecule has 0 spiro atoms. The zero-order valence-corrected chi connectivity index (χ0v) is 10.8. The van der Waals surface area contributed by atoms with Crippen LogP contribution in [0.4, 0.5) is 5.69 Å². The lowest BCUT2D eigenvalue weighted by Gasteiger charge is -2.19. The van der Waals surface area contributed by atoms with Crippen LogP contribution in [0.25, 0.3) is 0 Å². The molecular weight excluding hydrogens is 232 g/mol. The molecule has 100 valence electrons. The van der Waals surface area contributed by atoms with Crippen molar-refractivity contribution in [2.24, 2.45) is 0 Å². The molecule has 0 bridgehead atoms. The molecule has 0 aliphatic heterocycles. The van der Waals surface area contributed by atoms with Gasteiger partial charge in [0.25, 0.3) is 0 Å². The topological polar surface area (TPSA) is 61.8 Å². The normalized spacial score (nSPS) is 10.2. The van der Waals surface area contributed by atoms with Crippen LogP contribution in [0.1, 0.15) is 5.56 Å². The Labute approximate surface area is 107 Å². The van der Waals surface area contributed by atoms with Gasteiger partial charge in [0.05, 0.1) is 19.8 Å². The Hall–Kier alpha value is -1.59. The quantitative estimate of drug-likeness (QED) is 0.689. The molecule has 5 nitrogen and oxygen atoms in total. The number of ether oxygens (including phenoxy) is 1. The summed E-state index contributed by atoms with van der Waals surface area (Å²) in [4.78, 5) is 13.4. The number of anilines is 1. The summed E-state index contributed by atoms with van der Waals surface area (Å²) in [6.07, 6.45) is 0. The van der Waals surface area contributed by atoms with E-state index in [9.17, 15) is 4.79 Å². The number of nitrogens with one attached hydrogen (secondary N) is 1. The van der Waals surface area contributed by atoms with Crippen molar-refractivity contribution in [2.45, 2.75) is 6.61 Å². The van der Waals surface area contributed by atoms with Crippen LogP contribution in [0.5, 0.6) is 0 Å². The molecule has 0 heterocycles. The largest absolute Gasteiger partial charge is 0.392 e. The lowest BCUT2D eigenvalue weighted by Crippen LogP contribution is -2.36. The van der Waals surface area contributed by atoms with Gasteiger partial charge >= 0.3 is 0 Å². The number of likely N-dealkylation sites (N-methyl/N-ethyl adjacent to an activating group) is 1. The molecule has 0 radical (unpaired) electrons. The molecule has 2 N–H and O–H groups in total. The zero-order chi connectivity index (χ0) is 13.4. The standard InChI is InChI=1S/C13H20N2O3/c1-15(9-13(17)14-7-8-18-2)12-5-3-11(10-16)4-6-12/h3-6,16H,7-10H2,1-2H3,(H,14,17). The highest BCUT2D eigenvalue weighted by Gasteiger charge is 2.06. The molecule has 5 heteroatoms. The Kier molecular flexibility index (Phi) is 6.18. The van der Waals surface area contributed by atoms with E-state index in [0.29, 0.717) is 19.7 Å². The summed E-state index contributed by atoms with van der Waals surface area (Å²) in [7, 11) is 3.45. The first-order valence-corrected chi connectivity index (χ1v) is 5.84. The maximum absolute atomic E-state index is 11.6. The average molecular weight is 252 g/mol. The Morgan fingerprint density at radius 2 is 2.06 bits per heavy atom. The molecule has 1 amide bonds. The fourth-order valence-corrected chi connectivity index (χ4v) is 1.51. The van der Waals surface area contributed by atoms with Gasteiger partial charge in [0.15, 0.2) is 0 Å². The molecule has 0 saturated heterocycles. The number of hydrogen-bond donors (Lipinski definition) is 2. The summed E-state index contributed by atoms with van der Waals surface area (Å²) in [5.41, 5.74) is 1.80. The second kappa shape index (κ2) is 7.68. The van der Waals surface area contributed by atoms with Crippen molar-refractivity contribution in [1.82, 2.24) is 5.32 Å². The number of hydrogen-bond acceptors (Lipinski definition) is 4. The molecule has 1 aromatic carbocycles. The Morgan fingerprint density at radius 3 is 2.61 bits per heavy atom. The van der Waals surface area contributed by atoms with Gasteiger partial charge in [-0.25, -0.2) is 0 Å². The van der Waals surface area contributed by atoms with Crippen LogP contribution in [-0.4, -0.2) is 44.9 Å². The molecule has 0 saturated carbocycles. The third-order valence-electron chi connectivity index (χ3n) is 2.57. The lowest BCUT2D eigenvalue weighted by atomic mass is 10.2. The molecular formula is C13H20N2O3. The number of benzene rings is 1. The van der Waals surface area contributed by atoms with Crippen LogP contribution in [0, 0.1) is 0 Å². The highest BCUT2D eigenvalue weighted by Crippen LogP contribution is 2.13. The van der Waals surface area contributed by atoms with Crippen molar-refractivity contribution < 1.29 is 14.6 Å². The van der Waals surface area contributed by atoms with E-state index in [1.165, 1.54) is 0 Å². The molecule has 0 aromatic heterocycles. The van der Waals surface area contributed by atoms with Gasteiger partial charge in [0.2, 0.25) is 5.91 Å². The van der Waals surface area contributed by atoms with E-state index < -0.39 is 0 Å². The summed E-state index contributed by atoms with van der Waals surface area (Å²) >= 11 is 0. The van der Waals surface area contributed by atoms with Crippen molar-refractivity contribution in [3.8, 4) is 0 Å². The summed E-state index contributed by atoms with van der Waals surface area (Å²) in [6.45, 7) is 1.36. The summed E-state index contributed by atoms with van der Waals surface area (Å²) in [5, 5.41) is 11.7. The van der Waals surface area contributed by atoms with Crippen LogP contribution in [0.15, 0.2) is 24.3 Å². The van der Waals surface area contributed by atoms with Gasteiger partial charge in [0.1, 0.15) is 0 Å². The second-order valence-corrected chi connectivity index (χ2v) is 4.02. The van der Waals surface area contributed by atoms with Crippen molar-refractivity contribution in [1.29, 1.82) is 0 Å². The first-order valence-electron chi connectivity index (χ1n) is 5.84. The minimum atomic E-state index is -0.0409. The fraction of sp³-hybridized carbons (Fsp3) is 0.462. The molecule has 0 aliphatic carbocycles. The van der Waals surface area contributed by atoms with E-state index in [1.54, 1.807) is 7.11 Å². The SMILES string of the molecule is COCCNC(=O)CN(C)c1ccc(CO)cc1. The molecule has 0 unspecified atom stereocenters. The van der Waals surface area contributed by atoms with Gasteiger partial charge in [-0.2, -0.15) is 0 Å². The number of rotatable bonds is 7. The molecule has 18 heavy (non-hydrogen) atoms. The number of aliphatic hydroxyl groups is 1. The van der Waals surface area contributed by atoms with Gasteiger partial charge in [-0.1, -0.05) is 12.1 Å². The molecule has 0 atom stereocenters. The molecule has 1 aromatic rings. The number of nitrogens with zero attached hydrogens (tertiary/aromatic N) is 1. The Bertz CT molecular complexity index is 365. The van der Waals surface area contributed by atoms with Crippen LogP contribution >= 0.6 is 0 Å². The van der Waals surface area contributed by atoms with E-state index in [4.69, 9.17) is 9.84 Å². The van der Waals surface area contributed by atoms with Crippen molar-refractivity contribution in [3.05, 3.63) is 29.8 Å². The van der Waals surface area contributed by atoms with E-state index in [-0.39, 0.29) is 12.5 Å². The van der Waals surface area contributed by atoms with Crippen LogP contribution in [-0.2, 0) is 16.1 Å². The molecule has 0 fully saturated rings. The van der Waals surface area contributed by atoms with Crippen molar-refractivity contribution >= 4 is 11.6 Å². The minimum Gasteiger partial charge on any atom is -0.392 e. The highest BCUT2D eigenvalue weighted by atomic mass is 16.5. The zero-order valence-electron chi connectivity index (χ0n) is 10.8. The Morgan fingerprint density at radius 1 is 1.39 bits per heavy atom. The molecule has 1 rings (SSSR count). The van der Waals surface area contributed by atoms with Gasteiger partial charge in [-0.15, -0.1) is 0 Å². The average Bonchev–Trinajstić information content (AvgIpc) is 2.39. The molecule has 0 aliphatic rings. The predicted molar refractivity (Wildman–Crippen MR) is 70.5 cm³/mol. The third-order valence-corrected chi connectivity index (χ3v) is 2.57. The van der Waals surface area contributed by atoms with E-state index in [1.807, 2.05) is 36.2 Å². The first-order chi connectivity index (χ1) is 8.67. The fourth-order valence-electron chi connectivity index (χ4n) is 1.51. The minimum absolute atomic E-state index is 0.0293. The van der Waals surface area contributed by atoms with Gasteiger partial charge < -0.3 is 20.1 Å². The van der Waals surface area contributed by atoms with Gasteiger partial charge in [0, 0.05) is 26.4 Å². The van der Waals surface area contributed by atoms with E-state index in [2.05, 4.69) is 5.32 Å². The van der Waals surface area contributed by atoms with Crippen LogP contribution < -0.4 is 10.2 Å². The monoisotopic (exact) mass is 252 g/mol. The van der Waals surface area contributed by atoms with Crippen LogP contribution in [0.3, 0.4) is 0 Å². The van der Waals surface area contributed by atoms with E-state index >= 15 is 0 Å².